The first-order valence-corrected chi connectivity index (χ1v) is 11.6. The summed E-state index contributed by atoms with van der Waals surface area (Å²) < 4.78 is 0. The minimum absolute atomic E-state index is 0.0242. The molecule has 0 saturated heterocycles. The molecular formula is C23H27N5O5S. The van der Waals surface area contributed by atoms with Gasteiger partial charge in [-0.25, -0.2) is 4.79 Å². The number of hydrogen-bond acceptors (Lipinski definition) is 7. The van der Waals surface area contributed by atoms with E-state index < -0.39 is 28.9 Å². The summed E-state index contributed by atoms with van der Waals surface area (Å²) in [5, 5.41) is 25.1. The third kappa shape index (κ3) is 6.13. The van der Waals surface area contributed by atoms with Crippen LogP contribution in [0.1, 0.15) is 24.8 Å². The number of aromatic nitrogens is 1. The molecule has 0 saturated carbocycles. The zero-order valence-electron chi connectivity index (χ0n) is 18.4. The van der Waals surface area contributed by atoms with Gasteiger partial charge in [-0.1, -0.05) is 48.5 Å². The van der Waals surface area contributed by atoms with Crippen molar-refractivity contribution < 1.29 is 19.6 Å². The number of H-pyrrole nitrogens is 1. The van der Waals surface area contributed by atoms with Crippen molar-refractivity contribution in [3.05, 3.63) is 64.2 Å². The molecule has 0 radical (unpaired) electrons. The van der Waals surface area contributed by atoms with E-state index in [1.165, 1.54) is 6.07 Å². The number of nitro groups is 1. The summed E-state index contributed by atoms with van der Waals surface area (Å²) in [5.41, 5.74) is 12.7. The average molecular weight is 486 g/mol. The first kappa shape index (κ1) is 25.2. The van der Waals surface area contributed by atoms with Crippen molar-refractivity contribution in [1.29, 1.82) is 0 Å². The van der Waals surface area contributed by atoms with Crippen molar-refractivity contribution in [3.63, 3.8) is 0 Å². The third-order valence-corrected chi connectivity index (χ3v) is 6.50. The van der Waals surface area contributed by atoms with Gasteiger partial charge in [0.15, 0.2) is 0 Å². The van der Waals surface area contributed by atoms with Crippen LogP contribution in [0.5, 0.6) is 0 Å². The second-order valence-electron chi connectivity index (χ2n) is 7.80. The van der Waals surface area contributed by atoms with Crippen LogP contribution >= 0.6 is 11.8 Å². The lowest BCUT2D eigenvalue weighted by atomic mass is 10.0. The van der Waals surface area contributed by atoms with Gasteiger partial charge in [0.2, 0.25) is 5.91 Å². The van der Waals surface area contributed by atoms with Crippen LogP contribution in [0.15, 0.2) is 58.5 Å². The Labute approximate surface area is 200 Å². The van der Waals surface area contributed by atoms with Gasteiger partial charge in [-0.2, -0.15) is 0 Å². The van der Waals surface area contributed by atoms with Crippen molar-refractivity contribution in [2.24, 2.45) is 11.5 Å². The Morgan fingerprint density at radius 2 is 1.85 bits per heavy atom. The first-order valence-electron chi connectivity index (χ1n) is 10.8. The van der Waals surface area contributed by atoms with E-state index in [4.69, 9.17) is 11.5 Å². The maximum absolute atomic E-state index is 12.5. The monoisotopic (exact) mass is 485 g/mol. The topological polar surface area (TPSA) is 177 Å². The Balaban J connectivity index is 1.89. The summed E-state index contributed by atoms with van der Waals surface area (Å²) in [5.74, 6) is -1.74. The molecule has 1 amide bonds. The largest absolute Gasteiger partial charge is 0.480 e. The summed E-state index contributed by atoms with van der Waals surface area (Å²) in [7, 11) is 0. The summed E-state index contributed by atoms with van der Waals surface area (Å²) >= 11 is 1.15. The van der Waals surface area contributed by atoms with Gasteiger partial charge < -0.3 is 26.9 Å². The number of carboxylic acid groups (broad SMARTS) is 1. The predicted molar refractivity (Wildman–Crippen MR) is 130 cm³/mol. The van der Waals surface area contributed by atoms with Gasteiger partial charge in [0.25, 0.3) is 5.69 Å². The lowest BCUT2D eigenvalue weighted by Crippen LogP contribution is -2.49. The molecule has 2 atom stereocenters. The molecule has 11 heteroatoms. The molecule has 0 fully saturated rings. The van der Waals surface area contributed by atoms with Gasteiger partial charge in [0.1, 0.15) is 6.04 Å². The van der Waals surface area contributed by atoms with Crippen LogP contribution < -0.4 is 16.8 Å². The Kier molecular flexibility index (Phi) is 8.63. The molecule has 2 aromatic carbocycles. The molecule has 2 unspecified atom stereocenters. The van der Waals surface area contributed by atoms with E-state index in [2.05, 4.69) is 10.3 Å². The normalized spacial score (nSPS) is 12.9. The van der Waals surface area contributed by atoms with Crippen LogP contribution in [0.4, 0.5) is 5.69 Å². The molecule has 0 aliphatic heterocycles. The number of nitrogens with zero attached hydrogens (tertiary/aromatic N) is 1. The third-order valence-electron chi connectivity index (χ3n) is 5.38. The van der Waals surface area contributed by atoms with E-state index >= 15 is 0 Å². The number of aliphatic carboxylic acids is 1. The fraction of sp³-hybridized carbons (Fsp3) is 0.304. The highest BCUT2D eigenvalue weighted by Gasteiger charge is 2.27. The molecule has 10 nitrogen and oxygen atoms in total. The summed E-state index contributed by atoms with van der Waals surface area (Å²) in [6, 6.07) is 11.6. The van der Waals surface area contributed by atoms with Gasteiger partial charge in [-0.3, -0.25) is 14.9 Å². The van der Waals surface area contributed by atoms with Gasteiger partial charge in [0.05, 0.1) is 20.9 Å². The smallest absolute Gasteiger partial charge is 0.326 e. The summed E-state index contributed by atoms with van der Waals surface area (Å²) in [4.78, 5) is 39.2. The van der Waals surface area contributed by atoms with Crippen LogP contribution in [0.2, 0.25) is 0 Å². The SMILES string of the molecule is NCCCCC(N)C(=O)NC(Cc1c(Sc2ccccc2[N+](=O)[O-])[nH]c2ccccc12)C(=O)O. The van der Waals surface area contributed by atoms with Gasteiger partial charge >= 0.3 is 5.97 Å². The molecule has 34 heavy (non-hydrogen) atoms. The van der Waals surface area contributed by atoms with Crippen molar-refractivity contribution in [2.75, 3.05) is 6.54 Å². The molecule has 3 rings (SSSR count). The first-order chi connectivity index (χ1) is 16.3. The number of carboxylic acids is 1. The number of benzene rings is 2. The number of nitro benzene ring substituents is 1. The van der Waals surface area contributed by atoms with E-state index in [9.17, 15) is 24.8 Å². The van der Waals surface area contributed by atoms with Crippen LogP contribution in [0.3, 0.4) is 0 Å². The molecule has 180 valence electrons. The highest BCUT2D eigenvalue weighted by Crippen LogP contribution is 2.39. The Hall–Kier alpha value is -3.41. The number of hydrogen-bond donors (Lipinski definition) is 5. The number of nitrogens with two attached hydrogens (primary N) is 2. The van der Waals surface area contributed by atoms with Crippen LogP contribution in [-0.4, -0.2) is 45.5 Å². The van der Waals surface area contributed by atoms with Crippen molar-refractivity contribution in [1.82, 2.24) is 10.3 Å². The molecule has 0 aliphatic carbocycles. The average Bonchev–Trinajstić information content (AvgIpc) is 3.15. The molecule has 3 aromatic rings. The number of nitrogens with one attached hydrogen (secondary N) is 2. The molecule has 7 N–H and O–H groups in total. The molecule has 1 aromatic heterocycles. The number of carbonyl (C=O) groups excluding carboxylic acids is 1. The lowest BCUT2D eigenvalue weighted by Gasteiger charge is -2.18. The van der Waals surface area contributed by atoms with Crippen molar-refractivity contribution in [3.8, 4) is 0 Å². The van der Waals surface area contributed by atoms with Crippen LogP contribution in [0.25, 0.3) is 10.9 Å². The number of carbonyl (C=O) groups is 2. The van der Waals surface area contributed by atoms with Gasteiger partial charge in [-0.15, -0.1) is 0 Å². The number of amides is 1. The van der Waals surface area contributed by atoms with Crippen LogP contribution in [0, 0.1) is 10.1 Å². The van der Waals surface area contributed by atoms with Crippen molar-refractivity contribution in [2.45, 2.75) is 47.7 Å². The fourth-order valence-corrected chi connectivity index (χ4v) is 4.68. The molecule has 0 aliphatic rings. The lowest BCUT2D eigenvalue weighted by molar-refractivity contribution is -0.387. The van der Waals surface area contributed by atoms with E-state index in [-0.39, 0.29) is 12.1 Å². The molecule has 0 spiro atoms. The Morgan fingerprint density at radius 1 is 1.15 bits per heavy atom. The van der Waals surface area contributed by atoms with E-state index in [0.29, 0.717) is 34.9 Å². The van der Waals surface area contributed by atoms with Crippen LogP contribution in [-0.2, 0) is 16.0 Å². The Bertz CT molecular complexity index is 1180. The van der Waals surface area contributed by atoms with Gasteiger partial charge in [-0.05, 0) is 37.1 Å². The van der Waals surface area contributed by atoms with Gasteiger partial charge in [0, 0.05) is 23.4 Å². The summed E-state index contributed by atoms with van der Waals surface area (Å²) in [6.45, 7) is 0.493. The fourth-order valence-electron chi connectivity index (χ4n) is 3.59. The molecular weight excluding hydrogens is 458 g/mol. The maximum Gasteiger partial charge on any atom is 0.326 e. The molecule has 1 heterocycles. The Morgan fingerprint density at radius 3 is 2.56 bits per heavy atom. The number of rotatable bonds is 12. The number of unbranched alkanes of at least 4 members (excludes halogenated alkanes) is 1. The minimum atomic E-state index is -1.22. The van der Waals surface area contributed by atoms with E-state index in [1.54, 1.807) is 18.2 Å². The second-order valence-corrected chi connectivity index (χ2v) is 8.85. The van der Waals surface area contributed by atoms with Crippen molar-refractivity contribution >= 4 is 40.2 Å². The predicted octanol–water partition coefficient (Wildman–Crippen LogP) is 2.80. The maximum atomic E-state index is 12.5. The van der Waals surface area contributed by atoms with E-state index in [0.717, 1.165) is 29.1 Å². The number of aromatic amines is 1. The number of fused-ring (bicyclic) bond motifs is 1. The highest BCUT2D eigenvalue weighted by molar-refractivity contribution is 7.99. The second kappa shape index (κ2) is 11.6. The zero-order chi connectivity index (χ0) is 24.7. The summed E-state index contributed by atoms with van der Waals surface area (Å²) in [6.07, 6.45) is 1.78. The minimum Gasteiger partial charge on any atom is -0.480 e. The quantitative estimate of drug-likeness (QED) is 0.148. The molecule has 0 bridgehead atoms. The highest BCUT2D eigenvalue weighted by atomic mass is 32.2. The zero-order valence-corrected chi connectivity index (χ0v) is 19.2. The number of para-hydroxylation sites is 2. The van der Waals surface area contributed by atoms with E-state index in [1.807, 2.05) is 24.3 Å². The standard InChI is InChI=1S/C23H27N5O5S/c24-12-6-5-8-16(25)21(29)26-18(23(30)31)13-15-14-7-1-2-9-17(14)27-22(15)34-20-11-4-3-10-19(20)28(32)33/h1-4,7,9-11,16,18,27H,5-6,8,12-13,24-25H2,(H,26,29)(H,30,31).